The number of hydrogen-bond acceptors (Lipinski definition) is 4. The number of aliphatic hydroxyl groups is 1. The molecular formula is C21H32N2O2S. The lowest BCUT2D eigenvalue weighted by Crippen LogP contribution is -2.55. The largest absolute Gasteiger partial charge is 0.393 e. The summed E-state index contributed by atoms with van der Waals surface area (Å²) in [6, 6.07) is 2.59. The summed E-state index contributed by atoms with van der Waals surface area (Å²) in [5.74, 6) is 0.355. The smallest absolute Gasteiger partial charge is 0.222 e. The fourth-order valence-electron chi connectivity index (χ4n) is 5.11. The number of amides is 1. The van der Waals surface area contributed by atoms with Crippen LogP contribution in [0.2, 0.25) is 0 Å². The van der Waals surface area contributed by atoms with Gasteiger partial charge in [0.05, 0.1) is 6.10 Å². The van der Waals surface area contributed by atoms with E-state index in [0.29, 0.717) is 17.4 Å². The summed E-state index contributed by atoms with van der Waals surface area (Å²) in [4.78, 5) is 18.9. The van der Waals surface area contributed by atoms with Gasteiger partial charge in [0.2, 0.25) is 5.91 Å². The molecule has 1 aromatic heterocycles. The molecule has 3 aliphatic rings. The van der Waals surface area contributed by atoms with Gasteiger partial charge in [0.1, 0.15) is 0 Å². The van der Waals surface area contributed by atoms with Gasteiger partial charge in [-0.15, -0.1) is 11.3 Å². The second-order valence-corrected chi connectivity index (χ2v) is 9.79. The summed E-state index contributed by atoms with van der Waals surface area (Å²) < 4.78 is 0. The first kappa shape index (κ1) is 18.5. The number of likely N-dealkylation sites (tertiary alicyclic amines) is 2. The van der Waals surface area contributed by atoms with E-state index < -0.39 is 0 Å². The van der Waals surface area contributed by atoms with Gasteiger partial charge in [0, 0.05) is 30.4 Å². The second-order valence-electron chi connectivity index (χ2n) is 8.79. The summed E-state index contributed by atoms with van der Waals surface area (Å²) in [5, 5.41) is 12.0. The molecule has 1 spiro atoms. The van der Waals surface area contributed by atoms with Crippen molar-refractivity contribution >= 4 is 17.2 Å². The normalized spacial score (nSPS) is 30.1. The topological polar surface area (TPSA) is 43.8 Å². The molecule has 1 saturated carbocycles. The van der Waals surface area contributed by atoms with E-state index in [1.165, 1.54) is 23.3 Å². The first-order valence-electron chi connectivity index (χ1n) is 10.3. The minimum absolute atomic E-state index is 0.149. The second kappa shape index (κ2) is 7.61. The minimum Gasteiger partial charge on any atom is -0.393 e. The highest BCUT2D eigenvalue weighted by Crippen LogP contribution is 2.42. The van der Waals surface area contributed by atoms with Crippen LogP contribution in [-0.4, -0.2) is 52.6 Å². The Morgan fingerprint density at radius 2 is 1.92 bits per heavy atom. The van der Waals surface area contributed by atoms with Crippen LogP contribution < -0.4 is 0 Å². The van der Waals surface area contributed by atoms with Gasteiger partial charge < -0.3 is 10.0 Å². The number of carbonyl (C=O) groups is 1. The van der Waals surface area contributed by atoms with E-state index in [4.69, 9.17) is 0 Å². The SMILES string of the molecule is Cc1ccsc1CN1CCC2(CCC(=O)N(C3CCC(O)CC3)C2)CC1. The zero-order valence-corrected chi connectivity index (χ0v) is 16.8. The van der Waals surface area contributed by atoms with Crippen molar-refractivity contribution in [2.45, 2.75) is 77.0 Å². The summed E-state index contributed by atoms with van der Waals surface area (Å²) in [6.07, 6.45) is 7.76. The number of aryl methyl sites for hydroxylation is 1. The van der Waals surface area contributed by atoms with Crippen molar-refractivity contribution in [1.82, 2.24) is 9.80 Å². The number of aliphatic hydroxyl groups excluding tert-OH is 1. The number of carbonyl (C=O) groups excluding carboxylic acids is 1. The van der Waals surface area contributed by atoms with E-state index in [1.54, 1.807) is 0 Å². The quantitative estimate of drug-likeness (QED) is 0.877. The van der Waals surface area contributed by atoms with Crippen LogP contribution in [0.3, 0.4) is 0 Å². The molecule has 0 aromatic carbocycles. The van der Waals surface area contributed by atoms with E-state index in [9.17, 15) is 9.90 Å². The van der Waals surface area contributed by atoms with Gasteiger partial charge in [-0.1, -0.05) is 0 Å². The Morgan fingerprint density at radius 3 is 2.58 bits per heavy atom. The summed E-state index contributed by atoms with van der Waals surface area (Å²) in [6.45, 7) is 6.57. The molecule has 3 heterocycles. The van der Waals surface area contributed by atoms with Crippen LogP contribution >= 0.6 is 11.3 Å². The van der Waals surface area contributed by atoms with Crippen LogP contribution in [0.5, 0.6) is 0 Å². The lowest BCUT2D eigenvalue weighted by atomic mass is 9.71. The molecule has 4 rings (SSSR count). The molecule has 144 valence electrons. The molecule has 5 heteroatoms. The molecule has 1 amide bonds. The Morgan fingerprint density at radius 1 is 1.19 bits per heavy atom. The van der Waals surface area contributed by atoms with Crippen molar-refractivity contribution < 1.29 is 9.90 Å². The Kier molecular flexibility index (Phi) is 5.40. The fraction of sp³-hybridized carbons (Fsp3) is 0.762. The molecule has 0 bridgehead atoms. The van der Waals surface area contributed by atoms with Gasteiger partial charge >= 0.3 is 0 Å². The summed E-state index contributed by atoms with van der Waals surface area (Å²) in [5.41, 5.74) is 1.76. The predicted octanol–water partition coefficient (Wildman–Crippen LogP) is 3.56. The van der Waals surface area contributed by atoms with Gasteiger partial charge in [-0.3, -0.25) is 9.69 Å². The molecule has 1 aliphatic carbocycles. The number of hydrogen-bond donors (Lipinski definition) is 1. The van der Waals surface area contributed by atoms with Crippen LogP contribution in [0.15, 0.2) is 11.4 Å². The molecule has 26 heavy (non-hydrogen) atoms. The average molecular weight is 377 g/mol. The molecule has 4 nitrogen and oxygen atoms in total. The first-order valence-corrected chi connectivity index (χ1v) is 11.2. The highest BCUT2D eigenvalue weighted by molar-refractivity contribution is 7.10. The maximum absolute atomic E-state index is 12.6. The highest BCUT2D eigenvalue weighted by Gasteiger charge is 2.43. The third-order valence-electron chi connectivity index (χ3n) is 7.05. The standard InChI is InChI=1S/C21H32N2O2S/c1-16-7-13-26-19(16)14-22-11-9-21(10-12-22)8-6-20(25)23(15-21)17-2-4-18(24)5-3-17/h7,13,17-18,24H,2-6,8-12,14-15H2,1H3. The Bertz CT molecular complexity index is 628. The highest BCUT2D eigenvalue weighted by atomic mass is 32.1. The Labute approximate surface area is 161 Å². The van der Waals surface area contributed by atoms with Crippen LogP contribution in [0.25, 0.3) is 0 Å². The molecule has 1 aromatic rings. The van der Waals surface area contributed by atoms with Gasteiger partial charge in [0.25, 0.3) is 0 Å². The van der Waals surface area contributed by atoms with Crippen LogP contribution in [0.1, 0.15) is 61.8 Å². The van der Waals surface area contributed by atoms with Gasteiger partial charge in [0.15, 0.2) is 0 Å². The van der Waals surface area contributed by atoms with Gasteiger partial charge in [-0.05, 0) is 87.4 Å². The third-order valence-corrected chi connectivity index (χ3v) is 8.06. The first-order chi connectivity index (χ1) is 12.5. The number of nitrogens with zero attached hydrogens (tertiary/aromatic N) is 2. The fourth-order valence-corrected chi connectivity index (χ4v) is 6.06. The van der Waals surface area contributed by atoms with Crippen molar-refractivity contribution in [2.75, 3.05) is 19.6 Å². The van der Waals surface area contributed by atoms with Crippen LogP contribution in [-0.2, 0) is 11.3 Å². The molecule has 3 fully saturated rings. The Balaban J connectivity index is 1.35. The number of thiophene rings is 1. The molecule has 0 unspecified atom stereocenters. The molecule has 2 saturated heterocycles. The Hall–Kier alpha value is -0.910. The van der Waals surface area contributed by atoms with Crippen LogP contribution in [0.4, 0.5) is 0 Å². The molecule has 0 atom stereocenters. The summed E-state index contributed by atoms with van der Waals surface area (Å²) >= 11 is 1.87. The maximum Gasteiger partial charge on any atom is 0.222 e. The van der Waals surface area contributed by atoms with Crippen molar-refractivity contribution in [1.29, 1.82) is 0 Å². The van der Waals surface area contributed by atoms with E-state index >= 15 is 0 Å². The van der Waals surface area contributed by atoms with Crippen molar-refractivity contribution in [3.05, 3.63) is 21.9 Å². The lowest BCUT2D eigenvalue weighted by molar-refractivity contribution is -0.143. The molecule has 0 radical (unpaired) electrons. The monoisotopic (exact) mass is 376 g/mol. The van der Waals surface area contributed by atoms with E-state index in [1.807, 2.05) is 11.3 Å². The molecule has 2 aliphatic heterocycles. The number of piperidine rings is 2. The molecule has 1 N–H and O–H groups in total. The van der Waals surface area contributed by atoms with Gasteiger partial charge in [-0.2, -0.15) is 0 Å². The number of rotatable bonds is 3. The van der Waals surface area contributed by atoms with Crippen LogP contribution in [0, 0.1) is 12.3 Å². The van der Waals surface area contributed by atoms with Crippen molar-refractivity contribution in [3.63, 3.8) is 0 Å². The molecular weight excluding hydrogens is 344 g/mol. The van der Waals surface area contributed by atoms with Crippen molar-refractivity contribution in [2.24, 2.45) is 5.41 Å². The summed E-state index contributed by atoms with van der Waals surface area (Å²) in [7, 11) is 0. The maximum atomic E-state index is 12.6. The lowest BCUT2D eigenvalue weighted by Gasteiger charge is -2.50. The predicted molar refractivity (Wildman–Crippen MR) is 105 cm³/mol. The van der Waals surface area contributed by atoms with E-state index in [0.717, 1.165) is 64.7 Å². The zero-order valence-electron chi connectivity index (χ0n) is 16.0. The van der Waals surface area contributed by atoms with Crippen molar-refractivity contribution in [3.8, 4) is 0 Å². The zero-order chi connectivity index (χ0) is 18.1. The third kappa shape index (κ3) is 3.85. The average Bonchev–Trinajstić information content (AvgIpc) is 3.05. The minimum atomic E-state index is -0.149. The van der Waals surface area contributed by atoms with Gasteiger partial charge in [-0.25, -0.2) is 0 Å². The van der Waals surface area contributed by atoms with E-state index in [2.05, 4.69) is 28.2 Å². The van der Waals surface area contributed by atoms with E-state index in [-0.39, 0.29) is 6.10 Å².